The second kappa shape index (κ2) is 12.1. The number of rotatable bonds is 8. The summed E-state index contributed by atoms with van der Waals surface area (Å²) < 4.78 is 11.9. The van der Waals surface area contributed by atoms with Crippen molar-refractivity contribution in [1.29, 1.82) is 0 Å². The Morgan fingerprint density at radius 3 is 2.08 bits per heavy atom. The lowest BCUT2D eigenvalue weighted by molar-refractivity contribution is 0.205. The number of benzene rings is 5. The molecule has 5 nitrogen and oxygen atoms in total. The van der Waals surface area contributed by atoms with Crippen LogP contribution in [0.15, 0.2) is 127 Å². The number of hydrogen-bond acceptors (Lipinski definition) is 4. The number of amides is 1. The number of hydrogen-bond donors (Lipinski definition) is 1. The van der Waals surface area contributed by atoms with Crippen molar-refractivity contribution in [1.82, 2.24) is 5.32 Å². The van der Waals surface area contributed by atoms with Crippen LogP contribution < -0.4 is 19.7 Å². The predicted molar refractivity (Wildman–Crippen MR) is 160 cm³/mol. The van der Waals surface area contributed by atoms with Gasteiger partial charge in [-0.25, -0.2) is 4.79 Å². The van der Waals surface area contributed by atoms with E-state index in [4.69, 9.17) is 9.47 Å². The summed E-state index contributed by atoms with van der Waals surface area (Å²) in [6.07, 6.45) is 0.577. The van der Waals surface area contributed by atoms with Gasteiger partial charge in [-0.3, -0.25) is 4.90 Å². The first-order chi connectivity index (χ1) is 19.7. The lowest BCUT2D eigenvalue weighted by Crippen LogP contribution is -2.39. The molecule has 1 N–H and O–H groups in total. The number of carbonyl (C=O) groups is 1. The molecule has 6 rings (SSSR count). The Bertz CT molecular complexity index is 1550. The van der Waals surface area contributed by atoms with E-state index in [0.717, 1.165) is 41.7 Å². The molecule has 0 saturated carbocycles. The van der Waals surface area contributed by atoms with Crippen molar-refractivity contribution in [2.75, 3.05) is 24.5 Å². The highest BCUT2D eigenvalue weighted by molar-refractivity contribution is 5.90. The molecule has 5 heteroatoms. The summed E-state index contributed by atoms with van der Waals surface area (Å²) in [4.78, 5) is 15.5. The van der Waals surface area contributed by atoms with Gasteiger partial charge in [0.25, 0.3) is 0 Å². The van der Waals surface area contributed by atoms with Crippen LogP contribution in [-0.2, 0) is 6.42 Å². The standard InChI is InChI=1S/C35H32N2O3/c38-35(40-34-18-15-27-11-7-8-12-28(27)22-34)37(25-30-24-36-23-29(30)21-26-9-3-1-4-10-26)31-16-19-33(20-17-31)39-32-13-5-2-6-14-32/h1-20,22,29-30,36H,21,23-25H2/t29-,30+/m0/s1. The Morgan fingerprint density at radius 1 is 0.675 bits per heavy atom. The molecule has 1 heterocycles. The summed E-state index contributed by atoms with van der Waals surface area (Å²) >= 11 is 0. The molecule has 5 aromatic rings. The van der Waals surface area contributed by atoms with Gasteiger partial charge in [0.05, 0.1) is 0 Å². The Labute approximate surface area is 235 Å². The summed E-state index contributed by atoms with van der Waals surface area (Å²) in [5.74, 6) is 2.71. The molecule has 1 saturated heterocycles. The summed E-state index contributed by atoms with van der Waals surface area (Å²) in [7, 11) is 0. The van der Waals surface area contributed by atoms with E-state index in [9.17, 15) is 4.79 Å². The minimum Gasteiger partial charge on any atom is -0.457 e. The van der Waals surface area contributed by atoms with E-state index in [0.29, 0.717) is 24.0 Å². The average Bonchev–Trinajstić information content (AvgIpc) is 3.43. The van der Waals surface area contributed by atoms with Crippen molar-refractivity contribution >= 4 is 22.6 Å². The van der Waals surface area contributed by atoms with Gasteiger partial charge in [0.1, 0.15) is 17.2 Å². The molecule has 1 aliphatic rings. The number of fused-ring (bicyclic) bond motifs is 1. The molecule has 0 spiro atoms. The molecular weight excluding hydrogens is 496 g/mol. The van der Waals surface area contributed by atoms with Crippen LogP contribution in [-0.4, -0.2) is 25.7 Å². The Kier molecular flexibility index (Phi) is 7.73. The Balaban J connectivity index is 1.24. The lowest BCUT2D eigenvalue weighted by Gasteiger charge is -2.28. The maximum Gasteiger partial charge on any atom is 0.419 e. The number of carbonyl (C=O) groups excluding carboxylic acids is 1. The van der Waals surface area contributed by atoms with Gasteiger partial charge in [0.15, 0.2) is 0 Å². The molecule has 5 aromatic carbocycles. The van der Waals surface area contributed by atoms with Crippen LogP contribution in [0.4, 0.5) is 10.5 Å². The highest BCUT2D eigenvalue weighted by Crippen LogP contribution is 2.29. The zero-order chi connectivity index (χ0) is 27.1. The zero-order valence-electron chi connectivity index (χ0n) is 22.3. The van der Waals surface area contributed by atoms with Crippen LogP contribution in [0.2, 0.25) is 0 Å². The fourth-order valence-corrected chi connectivity index (χ4v) is 5.38. The van der Waals surface area contributed by atoms with Crippen LogP contribution in [0.25, 0.3) is 10.8 Å². The van der Waals surface area contributed by atoms with E-state index < -0.39 is 6.09 Å². The first-order valence-corrected chi connectivity index (χ1v) is 13.8. The van der Waals surface area contributed by atoms with Gasteiger partial charge in [0.2, 0.25) is 0 Å². The van der Waals surface area contributed by atoms with E-state index in [2.05, 4.69) is 29.6 Å². The second-order valence-electron chi connectivity index (χ2n) is 10.3. The van der Waals surface area contributed by atoms with Crippen molar-refractivity contribution < 1.29 is 14.3 Å². The van der Waals surface area contributed by atoms with Crippen LogP contribution in [0, 0.1) is 11.8 Å². The number of ether oxygens (including phenoxy) is 2. The highest BCUT2D eigenvalue weighted by atomic mass is 16.6. The van der Waals surface area contributed by atoms with E-state index in [1.165, 1.54) is 5.56 Å². The van der Waals surface area contributed by atoms with E-state index in [1.807, 2.05) is 103 Å². The van der Waals surface area contributed by atoms with Crippen molar-refractivity contribution in [3.8, 4) is 17.2 Å². The molecule has 1 amide bonds. The van der Waals surface area contributed by atoms with E-state index in [1.54, 1.807) is 4.90 Å². The van der Waals surface area contributed by atoms with Crippen LogP contribution in [0.3, 0.4) is 0 Å². The molecular formula is C35H32N2O3. The quantitative estimate of drug-likeness (QED) is 0.224. The van der Waals surface area contributed by atoms with Crippen LogP contribution >= 0.6 is 0 Å². The van der Waals surface area contributed by atoms with E-state index >= 15 is 0 Å². The highest BCUT2D eigenvalue weighted by Gasteiger charge is 2.31. The van der Waals surface area contributed by atoms with Gasteiger partial charge >= 0.3 is 6.09 Å². The zero-order valence-corrected chi connectivity index (χ0v) is 22.3. The summed E-state index contributed by atoms with van der Waals surface area (Å²) in [5.41, 5.74) is 2.09. The molecule has 1 fully saturated rings. The summed E-state index contributed by atoms with van der Waals surface area (Å²) in [6.45, 7) is 2.33. The minimum atomic E-state index is -0.391. The van der Waals surface area contributed by atoms with Crippen molar-refractivity contribution in [2.24, 2.45) is 11.8 Å². The van der Waals surface area contributed by atoms with Crippen molar-refractivity contribution in [3.05, 3.63) is 133 Å². The normalized spacial score (nSPS) is 16.5. The van der Waals surface area contributed by atoms with Crippen LogP contribution in [0.1, 0.15) is 5.56 Å². The molecule has 0 aliphatic carbocycles. The first-order valence-electron chi connectivity index (χ1n) is 13.8. The van der Waals surface area contributed by atoms with Gasteiger partial charge in [-0.1, -0.05) is 78.9 Å². The predicted octanol–water partition coefficient (Wildman–Crippen LogP) is 7.72. The topological polar surface area (TPSA) is 50.8 Å². The summed E-state index contributed by atoms with van der Waals surface area (Å²) in [5, 5.41) is 5.68. The number of anilines is 1. The maximum absolute atomic E-state index is 13.7. The van der Waals surface area contributed by atoms with Crippen molar-refractivity contribution in [2.45, 2.75) is 6.42 Å². The van der Waals surface area contributed by atoms with Gasteiger partial charge < -0.3 is 14.8 Å². The molecule has 200 valence electrons. The fraction of sp³-hybridized carbons (Fsp3) is 0.171. The summed E-state index contributed by atoms with van der Waals surface area (Å²) in [6, 6.07) is 41.7. The molecule has 0 bridgehead atoms. The first kappa shape index (κ1) is 25.7. The SMILES string of the molecule is O=C(Oc1ccc2ccccc2c1)N(C[C@H]1CNC[C@@H]1Cc1ccccc1)c1ccc(Oc2ccccc2)cc1. The number of para-hydroxylation sites is 1. The van der Waals surface area contributed by atoms with E-state index in [-0.39, 0.29) is 5.92 Å². The fourth-order valence-electron chi connectivity index (χ4n) is 5.38. The second-order valence-corrected chi connectivity index (χ2v) is 10.3. The number of nitrogens with zero attached hydrogens (tertiary/aromatic N) is 1. The molecule has 2 atom stereocenters. The molecule has 0 unspecified atom stereocenters. The third-order valence-electron chi connectivity index (χ3n) is 7.51. The van der Waals surface area contributed by atoms with Crippen LogP contribution in [0.5, 0.6) is 17.2 Å². The maximum atomic E-state index is 13.7. The third-order valence-corrected chi connectivity index (χ3v) is 7.51. The smallest absolute Gasteiger partial charge is 0.419 e. The third kappa shape index (κ3) is 6.16. The Hall–Kier alpha value is -4.61. The van der Waals surface area contributed by atoms with Crippen molar-refractivity contribution in [3.63, 3.8) is 0 Å². The Morgan fingerprint density at radius 2 is 1.30 bits per heavy atom. The average molecular weight is 529 g/mol. The van der Waals surface area contributed by atoms with Gasteiger partial charge in [-0.15, -0.1) is 0 Å². The molecule has 1 aliphatic heterocycles. The molecule has 0 aromatic heterocycles. The largest absolute Gasteiger partial charge is 0.457 e. The van der Waals surface area contributed by atoms with Gasteiger partial charge in [-0.05, 0) is 96.2 Å². The minimum absolute atomic E-state index is 0.282. The van der Waals surface area contributed by atoms with Gasteiger partial charge in [-0.2, -0.15) is 0 Å². The van der Waals surface area contributed by atoms with Gasteiger partial charge in [0, 0.05) is 12.2 Å². The lowest BCUT2D eigenvalue weighted by atomic mass is 9.89. The monoisotopic (exact) mass is 528 g/mol. The number of nitrogens with one attached hydrogen (secondary N) is 1. The molecule has 0 radical (unpaired) electrons. The molecule has 40 heavy (non-hydrogen) atoms.